The largest absolute Gasteiger partial charge is 1.00 e. The molecule has 0 aliphatic carbocycles. The van der Waals surface area contributed by atoms with E-state index >= 15 is 4.39 Å². The number of carboxylic acid groups (broad SMARTS) is 2. The number of rotatable bonds is 14. The number of benzene rings is 3. The van der Waals surface area contributed by atoms with Crippen molar-refractivity contribution in [1.29, 1.82) is 0 Å². The van der Waals surface area contributed by atoms with Crippen LogP contribution in [0.1, 0.15) is 66.5 Å². The fraction of sp³-hybridized carbons (Fsp3) is 0.314. The van der Waals surface area contributed by atoms with Gasteiger partial charge in [0.15, 0.2) is 17.5 Å². The molecular formula is C35H30F5NNa2O5. The number of nitrogens with zero attached hydrogens (tertiary/aromatic N) is 1. The first-order chi connectivity index (χ1) is 22.0. The maximum absolute atomic E-state index is 15.2. The van der Waals surface area contributed by atoms with Gasteiger partial charge in [-0.3, -0.25) is 0 Å². The van der Waals surface area contributed by atoms with Crippen LogP contribution in [-0.2, 0) is 29.0 Å². The average molecular weight is 686 g/mol. The Morgan fingerprint density at radius 1 is 0.750 bits per heavy atom. The van der Waals surface area contributed by atoms with Crippen molar-refractivity contribution >= 4 is 22.8 Å². The van der Waals surface area contributed by atoms with Gasteiger partial charge in [0.05, 0.1) is 12.1 Å². The normalized spacial score (nSPS) is 10.5. The van der Waals surface area contributed by atoms with E-state index in [9.17, 15) is 37.4 Å². The molecule has 242 valence electrons. The van der Waals surface area contributed by atoms with E-state index in [1.54, 1.807) is 37.3 Å². The summed E-state index contributed by atoms with van der Waals surface area (Å²) in [6, 6.07) is 9.95. The zero-order valence-corrected chi connectivity index (χ0v) is 31.0. The molecule has 0 bridgehead atoms. The number of carbonyl (C=O) groups excluding carboxylic acids is 2. The molecule has 3 aromatic carbocycles. The fourth-order valence-electron chi connectivity index (χ4n) is 5.32. The van der Waals surface area contributed by atoms with E-state index < -0.39 is 46.6 Å². The molecule has 0 atom stereocenters. The smallest absolute Gasteiger partial charge is 0.550 e. The minimum atomic E-state index is -1.70. The first kappa shape index (κ1) is 41.3. The molecule has 0 N–H and O–H groups in total. The van der Waals surface area contributed by atoms with E-state index in [0.29, 0.717) is 51.5 Å². The van der Waals surface area contributed by atoms with Gasteiger partial charge >= 0.3 is 59.1 Å². The summed E-state index contributed by atoms with van der Waals surface area (Å²) in [7, 11) is 0. The number of unbranched alkanes of at least 4 members (excludes halogenated alkanes) is 1. The maximum Gasteiger partial charge on any atom is 1.00 e. The Bertz CT molecular complexity index is 1820. The Labute approximate surface area is 319 Å². The van der Waals surface area contributed by atoms with Crippen molar-refractivity contribution in [2.45, 2.75) is 64.8 Å². The molecule has 13 heteroatoms. The second kappa shape index (κ2) is 19.4. The Hall–Kier alpha value is -2.85. The number of aromatic nitrogens is 1. The van der Waals surface area contributed by atoms with Crippen LogP contribution in [0.15, 0.2) is 42.5 Å². The van der Waals surface area contributed by atoms with E-state index in [4.69, 9.17) is 4.74 Å². The van der Waals surface area contributed by atoms with Gasteiger partial charge in [-0.2, -0.15) is 0 Å². The molecule has 0 saturated carbocycles. The third kappa shape index (κ3) is 10.6. The summed E-state index contributed by atoms with van der Waals surface area (Å²) in [5, 5.41) is 22.3. The minimum Gasteiger partial charge on any atom is -0.550 e. The van der Waals surface area contributed by atoms with E-state index in [1.165, 1.54) is 6.07 Å². The van der Waals surface area contributed by atoms with Crippen molar-refractivity contribution in [2.24, 2.45) is 0 Å². The molecule has 0 radical (unpaired) electrons. The van der Waals surface area contributed by atoms with Gasteiger partial charge in [-0.05, 0) is 100 Å². The van der Waals surface area contributed by atoms with Crippen LogP contribution in [0.2, 0.25) is 0 Å². The van der Waals surface area contributed by atoms with Crippen LogP contribution in [0, 0.1) is 47.9 Å². The number of aliphatic carboxylic acids is 2. The van der Waals surface area contributed by atoms with Crippen LogP contribution in [0.5, 0.6) is 5.75 Å². The third-order valence-corrected chi connectivity index (χ3v) is 7.61. The molecule has 0 amide bonds. The molecule has 0 fully saturated rings. The van der Waals surface area contributed by atoms with Crippen molar-refractivity contribution in [3.63, 3.8) is 0 Å². The number of fused-ring (bicyclic) bond motifs is 1. The van der Waals surface area contributed by atoms with Crippen molar-refractivity contribution in [1.82, 2.24) is 4.57 Å². The Kier molecular flexibility index (Phi) is 16.7. The molecule has 1 aromatic heterocycles. The van der Waals surface area contributed by atoms with Gasteiger partial charge in [0.1, 0.15) is 17.4 Å². The van der Waals surface area contributed by atoms with E-state index in [0.717, 1.165) is 0 Å². The first-order valence-electron chi connectivity index (χ1n) is 14.7. The molecule has 6 nitrogen and oxygen atoms in total. The molecule has 1 heterocycles. The molecule has 0 aliphatic heterocycles. The number of ether oxygens (including phenoxy) is 1. The standard InChI is InChI=1S/C35H32F5NO5.2Na/c1-21-25(7-4-8-30(42)43)32-27(36)17-14-23(35(32)41(21)18-5-9-31(44)45)13-10-22-11-15-24(16-12-22)46-19-3-2-6-26-28(37)20-29(38)34(40)33(26)39;;/h11-12,14-17,20H,2-9,18-19H2,1H3,(H,42,43)(H,44,45);;/q;2*+1/p-2. The molecule has 0 saturated heterocycles. The third-order valence-electron chi connectivity index (χ3n) is 7.61. The summed E-state index contributed by atoms with van der Waals surface area (Å²) in [6.45, 7) is 2.26. The minimum absolute atomic E-state index is 0. The second-order valence-electron chi connectivity index (χ2n) is 10.8. The Balaban J connectivity index is 0.00000400. The number of hydrogen-bond acceptors (Lipinski definition) is 5. The van der Waals surface area contributed by atoms with Gasteiger partial charge in [0.2, 0.25) is 0 Å². The van der Waals surface area contributed by atoms with Gasteiger partial charge < -0.3 is 29.1 Å². The second-order valence-corrected chi connectivity index (χ2v) is 10.8. The van der Waals surface area contributed by atoms with Crippen molar-refractivity contribution in [3.8, 4) is 17.6 Å². The van der Waals surface area contributed by atoms with Gasteiger partial charge in [0, 0.05) is 52.3 Å². The summed E-state index contributed by atoms with van der Waals surface area (Å²) in [5.41, 5.74) is 2.44. The van der Waals surface area contributed by atoms with Gasteiger partial charge in [-0.15, -0.1) is 0 Å². The zero-order valence-electron chi connectivity index (χ0n) is 27.0. The van der Waals surface area contributed by atoms with Crippen LogP contribution >= 0.6 is 0 Å². The molecule has 0 unspecified atom stereocenters. The monoisotopic (exact) mass is 685 g/mol. The fourth-order valence-corrected chi connectivity index (χ4v) is 5.32. The predicted molar refractivity (Wildman–Crippen MR) is 156 cm³/mol. The van der Waals surface area contributed by atoms with Crippen molar-refractivity contribution in [3.05, 3.63) is 99.5 Å². The molecule has 4 rings (SSSR count). The molecule has 4 aromatic rings. The Morgan fingerprint density at radius 2 is 1.40 bits per heavy atom. The van der Waals surface area contributed by atoms with Crippen LogP contribution in [0.25, 0.3) is 10.9 Å². The summed E-state index contributed by atoms with van der Waals surface area (Å²) in [5.74, 6) is -2.20. The van der Waals surface area contributed by atoms with Crippen molar-refractivity contribution < 1.29 is 106 Å². The first-order valence-corrected chi connectivity index (χ1v) is 14.7. The number of carboxylic acids is 2. The number of carbonyl (C=O) groups is 2. The summed E-state index contributed by atoms with van der Waals surface area (Å²) in [4.78, 5) is 22.0. The van der Waals surface area contributed by atoms with Gasteiger partial charge in [-0.1, -0.05) is 11.8 Å². The summed E-state index contributed by atoms with van der Waals surface area (Å²) >= 11 is 0. The number of aryl methyl sites for hydroxylation is 2. The van der Waals surface area contributed by atoms with E-state index in [2.05, 4.69) is 11.8 Å². The molecular weight excluding hydrogens is 655 g/mol. The summed E-state index contributed by atoms with van der Waals surface area (Å²) < 4.78 is 76.8. The quantitative estimate of drug-likeness (QED) is 0.0427. The SMILES string of the molecule is Cc1c(CCCC(=O)[O-])c2c(F)ccc(C#Cc3ccc(OCCCCc4c(F)cc(F)c(F)c4F)cc3)c2n1CCCC(=O)[O-].[Na+].[Na+]. The van der Waals surface area contributed by atoms with E-state index in [1.807, 2.05) is 4.57 Å². The predicted octanol–water partition coefficient (Wildman–Crippen LogP) is -0.943. The number of hydrogen-bond donors (Lipinski definition) is 0. The molecule has 0 spiro atoms. The van der Waals surface area contributed by atoms with E-state index in [-0.39, 0.29) is 117 Å². The van der Waals surface area contributed by atoms with Crippen molar-refractivity contribution in [2.75, 3.05) is 6.61 Å². The zero-order chi connectivity index (χ0) is 33.4. The van der Waals surface area contributed by atoms with Crippen LogP contribution in [0.3, 0.4) is 0 Å². The number of halogens is 5. The van der Waals surface area contributed by atoms with Gasteiger partial charge in [-0.25, -0.2) is 22.0 Å². The van der Waals surface area contributed by atoms with Gasteiger partial charge in [0.25, 0.3) is 0 Å². The average Bonchev–Trinajstić information content (AvgIpc) is 3.29. The maximum atomic E-state index is 15.2. The van der Waals surface area contributed by atoms with Crippen LogP contribution in [-0.4, -0.2) is 23.1 Å². The van der Waals surface area contributed by atoms with Crippen LogP contribution in [0.4, 0.5) is 22.0 Å². The topological polar surface area (TPSA) is 94.4 Å². The van der Waals surface area contributed by atoms with Crippen LogP contribution < -0.4 is 74.1 Å². The summed E-state index contributed by atoms with van der Waals surface area (Å²) in [6.07, 6.45) is 0.968. The Morgan fingerprint density at radius 3 is 2.06 bits per heavy atom. The molecule has 48 heavy (non-hydrogen) atoms. The molecule has 0 aliphatic rings.